The van der Waals surface area contributed by atoms with E-state index in [-0.39, 0.29) is 13.2 Å². The predicted octanol–water partition coefficient (Wildman–Crippen LogP) is 0.537. The fraction of sp³-hybridized carbons (Fsp3) is 0.538. The summed E-state index contributed by atoms with van der Waals surface area (Å²) in [7, 11) is 3.32. The molecule has 0 aliphatic carbocycles. The van der Waals surface area contributed by atoms with Crippen LogP contribution in [0.15, 0.2) is 18.2 Å². The van der Waals surface area contributed by atoms with Crippen molar-refractivity contribution in [2.45, 2.75) is 19.1 Å². The van der Waals surface area contributed by atoms with Gasteiger partial charge in [-0.3, -0.25) is 0 Å². The molecular weight excluding hydrogens is 234 g/mol. The Hall–Kier alpha value is -1.30. The number of aliphatic hydroxyl groups excluding tert-OH is 2. The van der Waals surface area contributed by atoms with Gasteiger partial charge in [0.15, 0.2) is 11.5 Å². The van der Waals surface area contributed by atoms with E-state index in [2.05, 4.69) is 5.32 Å². The van der Waals surface area contributed by atoms with Crippen LogP contribution >= 0.6 is 0 Å². The SMILES string of the molecule is CNC(C)(CO)COc1ccc(CO)cc1OC. The van der Waals surface area contributed by atoms with Crippen LogP contribution < -0.4 is 14.8 Å². The van der Waals surface area contributed by atoms with Gasteiger partial charge in [-0.1, -0.05) is 6.07 Å². The summed E-state index contributed by atoms with van der Waals surface area (Å²) >= 11 is 0. The first-order valence-electron chi connectivity index (χ1n) is 5.79. The van der Waals surface area contributed by atoms with Crippen LogP contribution in [0.4, 0.5) is 0 Å². The Morgan fingerprint density at radius 1 is 1.28 bits per heavy atom. The van der Waals surface area contributed by atoms with Gasteiger partial charge in [0.05, 0.1) is 25.9 Å². The highest BCUT2D eigenvalue weighted by molar-refractivity contribution is 5.42. The summed E-state index contributed by atoms with van der Waals surface area (Å²) in [5.41, 5.74) is 0.262. The Balaban J connectivity index is 2.78. The van der Waals surface area contributed by atoms with Gasteiger partial charge in [-0.05, 0) is 31.7 Å². The third-order valence-electron chi connectivity index (χ3n) is 2.91. The molecule has 1 rings (SSSR count). The molecule has 5 nitrogen and oxygen atoms in total. The zero-order chi connectivity index (χ0) is 13.6. The van der Waals surface area contributed by atoms with Crippen LogP contribution in [0.3, 0.4) is 0 Å². The monoisotopic (exact) mass is 255 g/mol. The molecule has 0 radical (unpaired) electrons. The molecule has 1 atom stereocenters. The summed E-state index contributed by atoms with van der Waals surface area (Å²) in [5.74, 6) is 1.16. The smallest absolute Gasteiger partial charge is 0.161 e. The number of methoxy groups -OCH3 is 1. The lowest BCUT2D eigenvalue weighted by Gasteiger charge is -2.27. The second kappa shape index (κ2) is 6.58. The van der Waals surface area contributed by atoms with E-state index < -0.39 is 5.54 Å². The lowest BCUT2D eigenvalue weighted by molar-refractivity contribution is 0.120. The lowest BCUT2D eigenvalue weighted by Crippen LogP contribution is -2.48. The number of rotatable bonds is 7. The highest BCUT2D eigenvalue weighted by atomic mass is 16.5. The summed E-state index contributed by atoms with van der Waals surface area (Å²) in [6.45, 7) is 2.11. The average Bonchev–Trinajstić information content (AvgIpc) is 2.44. The number of nitrogens with one attached hydrogen (secondary N) is 1. The first-order valence-corrected chi connectivity index (χ1v) is 5.79. The van der Waals surface area contributed by atoms with E-state index in [1.807, 2.05) is 6.92 Å². The molecule has 1 aromatic rings. The van der Waals surface area contributed by atoms with E-state index in [0.29, 0.717) is 18.1 Å². The molecule has 0 saturated heterocycles. The van der Waals surface area contributed by atoms with Crippen molar-refractivity contribution in [2.75, 3.05) is 27.4 Å². The minimum atomic E-state index is -0.499. The minimum Gasteiger partial charge on any atom is -0.493 e. The molecule has 0 aromatic heterocycles. The Labute approximate surface area is 107 Å². The minimum absolute atomic E-state index is 0.0272. The van der Waals surface area contributed by atoms with Gasteiger partial charge >= 0.3 is 0 Å². The summed E-state index contributed by atoms with van der Waals surface area (Å²) < 4.78 is 10.8. The molecule has 0 bridgehead atoms. The van der Waals surface area contributed by atoms with Crippen molar-refractivity contribution < 1.29 is 19.7 Å². The normalized spacial score (nSPS) is 14.1. The molecule has 1 aromatic carbocycles. The number of hydrogen-bond acceptors (Lipinski definition) is 5. The first kappa shape index (κ1) is 14.8. The zero-order valence-electron chi connectivity index (χ0n) is 11.1. The Kier molecular flexibility index (Phi) is 5.40. The summed E-state index contributed by atoms with van der Waals surface area (Å²) in [6, 6.07) is 5.25. The van der Waals surface area contributed by atoms with Crippen LogP contribution in [0, 0.1) is 0 Å². The van der Waals surface area contributed by atoms with Crippen molar-refractivity contribution in [3.8, 4) is 11.5 Å². The van der Waals surface area contributed by atoms with Crippen molar-refractivity contribution in [1.29, 1.82) is 0 Å². The summed E-state index contributed by atoms with van der Waals surface area (Å²) in [6.07, 6.45) is 0. The third-order valence-corrected chi connectivity index (χ3v) is 2.91. The molecule has 0 aliphatic rings. The molecule has 0 spiro atoms. The van der Waals surface area contributed by atoms with Crippen molar-refractivity contribution >= 4 is 0 Å². The van der Waals surface area contributed by atoms with Gasteiger partial charge in [-0.2, -0.15) is 0 Å². The van der Waals surface area contributed by atoms with Gasteiger partial charge in [0.25, 0.3) is 0 Å². The predicted molar refractivity (Wildman–Crippen MR) is 69.0 cm³/mol. The number of aliphatic hydroxyl groups is 2. The highest BCUT2D eigenvalue weighted by Gasteiger charge is 2.22. The third kappa shape index (κ3) is 3.60. The Morgan fingerprint density at radius 3 is 2.50 bits per heavy atom. The van der Waals surface area contributed by atoms with Gasteiger partial charge < -0.3 is 25.0 Å². The number of likely N-dealkylation sites (N-methyl/N-ethyl adjacent to an activating group) is 1. The largest absolute Gasteiger partial charge is 0.493 e. The van der Waals surface area contributed by atoms with Gasteiger partial charge in [-0.15, -0.1) is 0 Å². The zero-order valence-corrected chi connectivity index (χ0v) is 11.1. The van der Waals surface area contributed by atoms with Crippen molar-refractivity contribution in [3.05, 3.63) is 23.8 Å². The molecule has 0 amide bonds. The molecule has 0 aliphatic heterocycles. The Morgan fingerprint density at radius 2 is 2.00 bits per heavy atom. The molecule has 0 heterocycles. The van der Waals surface area contributed by atoms with Crippen molar-refractivity contribution in [2.24, 2.45) is 0 Å². The summed E-state index contributed by atoms with van der Waals surface area (Å²) in [4.78, 5) is 0. The second-order valence-electron chi connectivity index (χ2n) is 4.40. The molecule has 0 fully saturated rings. The highest BCUT2D eigenvalue weighted by Crippen LogP contribution is 2.28. The first-order chi connectivity index (χ1) is 8.58. The molecular formula is C13H21NO4. The van der Waals surface area contributed by atoms with Crippen LogP contribution in [-0.4, -0.2) is 43.1 Å². The van der Waals surface area contributed by atoms with Gasteiger partial charge in [-0.25, -0.2) is 0 Å². The number of benzene rings is 1. The molecule has 5 heteroatoms. The van der Waals surface area contributed by atoms with E-state index in [0.717, 1.165) is 5.56 Å². The van der Waals surface area contributed by atoms with E-state index in [1.165, 1.54) is 0 Å². The maximum Gasteiger partial charge on any atom is 0.161 e. The molecule has 18 heavy (non-hydrogen) atoms. The average molecular weight is 255 g/mol. The number of hydrogen-bond donors (Lipinski definition) is 3. The van der Waals surface area contributed by atoms with E-state index in [9.17, 15) is 5.11 Å². The topological polar surface area (TPSA) is 71.0 Å². The van der Waals surface area contributed by atoms with Crippen LogP contribution in [-0.2, 0) is 6.61 Å². The van der Waals surface area contributed by atoms with Crippen LogP contribution in [0.1, 0.15) is 12.5 Å². The molecule has 1 unspecified atom stereocenters. The fourth-order valence-corrected chi connectivity index (χ4v) is 1.36. The van der Waals surface area contributed by atoms with E-state index in [1.54, 1.807) is 32.4 Å². The van der Waals surface area contributed by atoms with Crippen LogP contribution in [0.25, 0.3) is 0 Å². The lowest BCUT2D eigenvalue weighted by atomic mass is 10.1. The van der Waals surface area contributed by atoms with Crippen LogP contribution in [0.5, 0.6) is 11.5 Å². The van der Waals surface area contributed by atoms with Crippen LogP contribution in [0.2, 0.25) is 0 Å². The fourth-order valence-electron chi connectivity index (χ4n) is 1.36. The maximum atomic E-state index is 9.27. The summed E-state index contributed by atoms with van der Waals surface area (Å²) in [5, 5.41) is 21.3. The van der Waals surface area contributed by atoms with E-state index in [4.69, 9.17) is 14.6 Å². The molecule has 0 saturated carbocycles. The van der Waals surface area contributed by atoms with Gasteiger partial charge in [0, 0.05) is 0 Å². The Bertz CT molecular complexity index is 377. The quantitative estimate of drug-likeness (QED) is 0.663. The van der Waals surface area contributed by atoms with E-state index >= 15 is 0 Å². The van der Waals surface area contributed by atoms with Gasteiger partial charge in [0.1, 0.15) is 6.61 Å². The van der Waals surface area contributed by atoms with Crippen molar-refractivity contribution in [3.63, 3.8) is 0 Å². The maximum absolute atomic E-state index is 9.27. The van der Waals surface area contributed by atoms with Crippen molar-refractivity contribution in [1.82, 2.24) is 5.32 Å². The van der Waals surface area contributed by atoms with Gasteiger partial charge in [0.2, 0.25) is 0 Å². The second-order valence-corrected chi connectivity index (χ2v) is 4.40. The standard InChI is InChI=1S/C13H21NO4/c1-13(8-16,14-2)9-18-11-5-4-10(7-15)6-12(11)17-3/h4-6,14-16H,7-9H2,1-3H3. The molecule has 3 N–H and O–H groups in total. The molecule has 102 valence electrons. The number of ether oxygens (including phenoxy) is 2.